The van der Waals surface area contributed by atoms with Gasteiger partial charge < -0.3 is 5.32 Å². The third-order valence-electron chi connectivity index (χ3n) is 3.46. The van der Waals surface area contributed by atoms with Crippen LogP contribution in [0.3, 0.4) is 0 Å². The molecule has 3 rings (SSSR count). The standard InChI is InChI=1S/C19H13F3N4O/c1-26-12-16(17(25-26)19(20,21)22)18(27)24-15-7-4-5-13(11-15)8-9-14-6-2-3-10-23-14/h2-7,10-12H,1H3,(H,24,27). The van der Waals surface area contributed by atoms with E-state index in [0.717, 1.165) is 10.9 Å². The molecule has 2 aromatic heterocycles. The second kappa shape index (κ2) is 7.33. The topological polar surface area (TPSA) is 59.8 Å². The molecule has 136 valence electrons. The fraction of sp³-hybridized carbons (Fsp3) is 0.105. The first-order chi connectivity index (χ1) is 12.8. The van der Waals surface area contributed by atoms with Crippen molar-refractivity contribution >= 4 is 11.6 Å². The Morgan fingerprint density at radius 1 is 1.15 bits per heavy atom. The summed E-state index contributed by atoms with van der Waals surface area (Å²) in [6.07, 6.45) is -2.07. The Bertz CT molecular complexity index is 1030. The monoisotopic (exact) mass is 370 g/mol. The minimum Gasteiger partial charge on any atom is -0.322 e. The lowest BCUT2D eigenvalue weighted by molar-refractivity contribution is -0.141. The normalized spacial score (nSPS) is 10.8. The summed E-state index contributed by atoms with van der Waals surface area (Å²) in [7, 11) is 1.32. The van der Waals surface area contributed by atoms with Gasteiger partial charge in [0.15, 0.2) is 5.69 Å². The molecule has 1 N–H and O–H groups in total. The lowest BCUT2D eigenvalue weighted by atomic mass is 10.1. The number of nitrogens with zero attached hydrogens (tertiary/aromatic N) is 3. The molecule has 0 saturated heterocycles. The van der Waals surface area contributed by atoms with Gasteiger partial charge in [0.2, 0.25) is 0 Å². The smallest absolute Gasteiger partial charge is 0.322 e. The Hall–Kier alpha value is -3.60. The second-order valence-corrected chi connectivity index (χ2v) is 5.56. The first kappa shape index (κ1) is 18.2. The zero-order chi connectivity index (χ0) is 19.4. The number of aromatic nitrogens is 3. The van der Waals surface area contributed by atoms with Crippen LogP contribution in [0.15, 0.2) is 54.9 Å². The first-order valence-electron chi connectivity index (χ1n) is 7.78. The van der Waals surface area contributed by atoms with Crippen LogP contribution in [-0.4, -0.2) is 20.7 Å². The highest BCUT2D eigenvalue weighted by molar-refractivity contribution is 6.05. The van der Waals surface area contributed by atoms with Crippen molar-refractivity contribution in [1.82, 2.24) is 14.8 Å². The Morgan fingerprint density at radius 3 is 2.67 bits per heavy atom. The summed E-state index contributed by atoms with van der Waals surface area (Å²) < 4.78 is 40.0. The summed E-state index contributed by atoms with van der Waals surface area (Å²) in [5.41, 5.74) is -0.286. The van der Waals surface area contributed by atoms with E-state index < -0.39 is 23.3 Å². The zero-order valence-electron chi connectivity index (χ0n) is 14.1. The van der Waals surface area contributed by atoms with Crippen molar-refractivity contribution in [3.8, 4) is 11.8 Å². The molecule has 2 heterocycles. The number of alkyl halides is 3. The molecule has 8 heteroatoms. The molecule has 0 aliphatic heterocycles. The van der Waals surface area contributed by atoms with E-state index >= 15 is 0 Å². The maximum Gasteiger partial charge on any atom is 0.435 e. The maximum atomic E-state index is 13.0. The summed E-state index contributed by atoms with van der Waals surface area (Å²) >= 11 is 0. The average molecular weight is 370 g/mol. The third-order valence-corrected chi connectivity index (χ3v) is 3.46. The molecule has 0 aliphatic carbocycles. The van der Waals surface area contributed by atoms with Gasteiger partial charge in [-0.15, -0.1) is 0 Å². The lowest BCUT2D eigenvalue weighted by Crippen LogP contribution is -2.17. The van der Waals surface area contributed by atoms with Crippen LogP contribution in [0.1, 0.15) is 27.3 Å². The lowest BCUT2D eigenvalue weighted by Gasteiger charge is -2.07. The molecule has 0 unspecified atom stereocenters. The highest BCUT2D eigenvalue weighted by Crippen LogP contribution is 2.30. The summed E-state index contributed by atoms with van der Waals surface area (Å²) in [5.74, 6) is 4.87. The third kappa shape index (κ3) is 4.52. The quantitative estimate of drug-likeness (QED) is 0.703. The van der Waals surface area contributed by atoms with Crippen LogP contribution >= 0.6 is 0 Å². The van der Waals surface area contributed by atoms with Crippen LogP contribution < -0.4 is 5.32 Å². The number of carbonyl (C=O) groups excluding carboxylic acids is 1. The maximum absolute atomic E-state index is 13.0. The highest BCUT2D eigenvalue weighted by atomic mass is 19.4. The van der Waals surface area contributed by atoms with Gasteiger partial charge in [-0.1, -0.05) is 18.1 Å². The van der Waals surface area contributed by atoms with Crippen LogP contribution in [0.5, 0.6) is 0 Å². The Labute approximate surface area is 152 Å². The van der Waals surface area contributed by atoms with Crippen molar-refractivity contribution in [1.29, 1.82) is 0 Å². The SMILES string of the molecule is Cn1cc(C(=O)Nc2cccc(C#Cc3ccccn3)c2)c(C(F)(F)F)n1. The van der Waals surface area contributed by atoms with Gasteiger partial charge in [0.25, 0.3) is 5.91 Å². The van der Waals surface area contributed by atoms with Gasteiger partial charge in [-0.3, -0.25) is 9.48 Å². The number of hydrogen-bond donors (Lipinski definition) is 1. The molecule has 3 aromatic rings. The average Bonchev–Trinajstić information content (AvgIpc) is 3.04. The van der Waals surface area contributed by atoms with Gasteiger partial charge in [0.1, 0.15) is 5.69 Å². The zero-order valence-corrected chi connectivity index (χ0v) is 14.1. The van der Waals surface area contributed by atoms with Crippen molar-refractivity contribution in [2.75, 3.05) is 5.32 Å². The van der Waals surface area contributed by atoms with E-state index in [0.29, 0.717) is 16.9 Å². The number of anilines is 1. The molecule has 0 atom stereocenters. The predicted molar refractivity (Wildman–Crippen MR) is 92.8 cm³/mol. The van der Waals surface area contributed by atoms with Gasteiger partial charge >= 0.3 is 6.18 Å². The van der Waals surface area contributed by atoms with Crippen molar-refractivity contribution in [3.63, 3.8) is 0 Å². The number of rotatable bonds is 2. The molecule has 1 amide bonds. The largest absolute Gasteiger partial charge is 0.435 e. The number of halogens is 3. The molecular weight excluding hydrogens is 357 g/mol. The van der Waals surface area contributed by atoms with Crippen LogP contribution in [0.2, 0.25) is 0 Å². The molecule has 0 aliphatic rings. The minimum atomic E-state index is -4.72. The number of pyridine rings is 1. The molecule has 0 saturated carbocycles. The Balaban J connectivity index is 1.81. The molecule has 1 aromatic carbocycles. The molecule has 0 fully saturated rings. The first-order valence-corrected chi connectivity index (χ1v) is 7.78. The van der Waals surface area contributed by atoms with Crippen LogP contribution in [-0.2, 0) is 13.2 Å². The van der Waals surface area contributed by atoms with E-state index in [1.165, 1.54) is 7.05 Å². The van der Waals surface area contributed by atoms with Crippen molar-refractivity contribution in [2.45, 2.75) is 6.18 Å². The summed E-state index contributed by atoms with van der Waals surface area (Å²) in [4.78, 5) is 16.4. The number of benzene rings is 1. The van der Waals surface area contributed by atoms with Gasteiger partial charge in [-0.2, -0.15) is 18.3 Å². The van der Waals surface area contributed by atoms with Crippen LogP contribution in [0.4, 0.5) is 18.9 Å². The molecule has 0 spiro atoms. The van der Waals surface area contributed by atoms with E-state index in [1.54, 1.807) is 48.7 Å². The van der Waals surface area contributed by atoms with Crippen LogP contribution in [0, 0.1) is 11.8 Å². The van der Waals surface area contributed by atoms with Crippen molar-refractivity contribution < 1.29 is 18.0 Å². The fourth-order valence-corrected chi connectivity index (χ4v) is 2.31. The summed E-state index contributed by atoms with van der Waals surface area (Å²) in [6.45, 7) is 0. The minimum absolute atomic E-state index is 0.324. The summed E-state index contributed by atoms with van der Waals surface area (Å²) in [5, 5.41) is 5.77. The van der Waals surface area contributed by atoms with Crippen molar-refractivity contribution in [2.24, 2.45) is 7.05 Å². The van der Waals surface area contributed by atoms with Crippen molar-refractivity contribution in [3.05, 3.63) is 77.4 Å². The van der Waals surface area contributed by atoms with E-state index in [1.807, 2.05) is 0 Å². The van der Waals surface area contributed by atoms with Gasteiger partial charge in [0.05, 0.1) is 5.56 Å². The van der Waals surface area contributed by atoms with E-state index in [2.05, 4.69) is 27.2 Å². The van der Waals surface area contributed by atoms with Gasteiger partial charge in [0, 0.05) is 30.7 Å². The Morgan fingerprint density at radius 2 is 1.96 bits per heavy atom. The summed E-state index contributed by atoms with van der Waals surface area (Å²) in [6, 6.07) is 11.8. The van der Waals surface area contributed by atoms with E-state index in [4.69, 9.17) is 0 Å². The highest BCUT2D eigenvalue weighted by Gasteiger charge is 2.38. The molecule has 0 radical (unpaired) electrons. The second-order valence-electron chi connectivity index (χ2n) is 5.56. The number of aryl methyl sites for hydroxylation is 1. The molecule has 5 nitrogen and oxygen atoms in total. The number of nitrogens with one attached hydrogen (secondary N) is 1. The number of hydrogen-bond acceptors (Lipinski definition) is 3. The van der Waals surface area contributed by atoms with Gasteiger partial charge in [-0.05, 0) is 36.3 Å². The number of carbonyl (C=O) groups is 1. The molecule has 0 bridgehead atoms. The van der Waals surface area contributed by atoms with Gasteiger partial charge in [-0.25, -0.2) is 4.98 Å². The molecular formula is C19H13F3N4O. The predicted octanol–water partition coefficient (Wildman–Crippen LogP) is 3.49. The van der Waals surface area contributed by atoms with Crippen LogP contribution in [0.25, 0.3) is 0 Å². The fourth-order valence-electron chi connectivity index (χ4n) is 2.31. The van der Waals surface area contributed by atoms with E-state index in [-0.39, 0.29) is 0 Å². The molecule has 27 heavy (non-hydrogen) atoms. The number of amides is 1. The van der Waals surface area contributed by atoms with E-state index in [9.17, 15) is 18.0 Å². The Kier molecular flexibility index (Phi) is 4.94.